The van der Waals surface area contributed by atoms with E-state index in [1.54, 1.807) is 0 Å². The number of nitrogens with zero attached hydrogens (tertiary/aromatic N) is 3. The SMILES string of the molecule is O=C(N[C@@H]1CN2CCC1CC2)c1n[nH]c2ccc(CN3CCCC3)cc12. The molecule has 26 heavy (non-hydrogen) atoms. The molecule has 5 heterocycles. The molecule has 6 heteroatoms. The Hall–Kier alpha value is -1.92. The van der Waals surface area contributed by atoms with E-state index < -0.39 is 0 Å². The Morgan fingerprint density at radius 3 is 2.73 bits per heavy atom. The molecule has 0 radical (unpaired) electrons. The van der Waals surface area contributed by atoms with Gasteiger partial charge < -0.3 is 10.2 Å². The van der Waals surface area contributed by atoms with Crippen LogP contribution >= 0.6 is 0 Å². The van der Waals surface area contributed by atoms with E-state index in [0.717, 1.165) is 24.0 Å². The number of fused-ring (bicyclic) bond motifs is 4. The lowest BCUT2D eigenvalue weighted by Crippen LogP contribution is -2.57. The van der Waals surface area contributed by atoms with Crippen LogP contribution in [0.4, 0.5) is 0 Å². The number of benzene rings is 1. The number of hydrogen-bond donors (Lipinski definition) is 2. The smallest absolute Gasteiger partial charge is 0.272 e. The molecule has 6 rings (SSSR count). The number of H-pyrrole nitrogens is 1. The first-order chi connectivity index (χ1) is 12.8. The van der Waals surface area contributed by atoms with Crippen molar-refractivity contribution in [2.45, 2.75) is 38.3 Å². The Morgan fingerprint density at radius 2 is 2.00 bits per heavy atom. The maximum atomic E-state index is 12.9. The van der Waals surface area contributed by atoms with Crippen molar-refractivity contribution in [3.63, 3.8) is 0 Å². The number of amides is 1. The summed E-state index contributed by atoms with van der Waals surface area (Å²) in [4.78, 5) is 17.8. The molecule has 2 bridgehead atoms. The Morgan fingerprint density at radius 1 is 1.19 bits per heavy atom. The second kappa shape index (κ2) is 6.67. The number of aromatic amines is 1. The first-order valence-corrected chi connectivity index (χ1v) is 9.99. The third kappa shape index (κ3) is 3.01. The van der Waals surface area contributed by atoms with E-state index in [4.69, 9.17) is 0 Å². The number of rotatable bonds is 4. The summed E-state index contributed by atoms with van der Waals surface area (Å²) < 4.78 is 0. The van der Waals surface area contributed by atoms with Gasteiger partial charge in [0.1, 0.15) is 0 Å². The predicted octanol–water partition coefficient (Wildman–Crippen LogP) is 1.98. The minimum absolute atomic E-state index is 0.0340. The molecule has 4 aliphatic rings. The van der Waals surface area contributed by atoms with Crippen LogP contribution in [-0.2, 0) is 6.54 Å². The molecular weight excluding hydrogens is 326 g/mol. The fourth-order valence-corrected chi connectivity index (χ4v) is 4.90. The third-order valence-electron chi connectivity index (χ3n) is 6.42. The van der Waals surface area contributed by atoms with Gasteiger partial charge in [-0.15, -0.1) is 0 Å². The highest BCUT2D eigenvalue weighted by atomic mass is 16.2. The van der Waals surface area contributed by atoms with Gasteiger partial charge in [-0.25, -0.2) is 0 Å². The van der Waals surface area contributed by atoms with Crippen molar-refractivity contribution >= 4 is 16.8 Å². The molecule has 2 aromatic rings. The van der Waals surface area contributed by atoms with Crippen molar-refractivity contribution in [1.29, 1.82) is 0 Å². The molecule has 1 amide bonds. The highest BCUT2D eigenvalue weighted by Gasteiger charge is 2.35. The van der Waals surface area contributed by atoms with Gasteiger partial charge >= 0.3 is 0 Å². The lowest BCUT2D eigenvalue weighted by molar-refractivity contribution is 0.0618. The van der Waals surface area contributed by atoms with Gasteiger partial charge in [0.15, 0.2) is 5.69 Å². The van der Waals surface area contributed by atoms with Crippen LogP contribution in [-0.4, -0.2) is 64.7 Å². The van der Waals surface area contributed by atoms with Gasteiger partial charge in [-0.3, -0.25) is 14.8 Å². The van der Waals surface area contributed by atoms with Crippen molar-refractivity contribution in [1.82, 2.24) is 25.3 Å². The summed E-state index contributed by atoms with van der Waals surface area (Å²) in [5.41, 5.74) is 2.74. The number of likely N-dealkylation sites (tertiary alicyclic amines) is 1. The number of nitrogens with one attached hydrogen (secondary N) is 2. The molecule has 138 valence electrons. The van der Waals surface area contributed by atoms with Crippen molar-refractivity contribution in [3.05, 3.63) is 29.5 Å². The van der Waals surface area contributed by atoms with E-state index in [1.807, 2.05) is 0 Å². The topological polar surface area (TPSA) is 64.3 Å². The summed E-state index contributed by atoms with van der Waals surface area (Å²) in [7, 11) is 0. The van der Waals surface area contributed by atoms with E-state index in [0.29, 0.717) is 11.6 Å². The van der Waals surface area contributed by atoms with Gasteiger partial charge in [0.05, 0.1) is 5.52 Å². The van der Waals surface area contributed by atoms with Crippen LogP contribution in [0.25, 0.3) is 10.9 Å². The van der Waals surface area contributed by atoms with Crippen molar-refractivity contribution < 1.29 is 4.79 Å². The Balaban J connectivity index is 1.35. The molecular formula is C20H27N5O. The zero-order valence-electron chi connectivity index (χ0n) is 15.2. The zero-order valence-corrected chi connectivity index (χ0v) is 15.2. The fourth-order valence-electron chi connectivity index (χ4n) is 4.90. The number of aromatic nitrogens is 2. The van der Waals surface area contributed by atoms with Gasteiger partial charge in [0, 0.05) is 24.5 Å². The highest BCUT2D eigenvalue weighted by Crippen LogP contribution is 2.28. The molecule has 4 aliphatic heterocycles. The third-order valence-corrected chi connectivity index (χ3v) is 6.42. The average Bonchev–Trinajstić information content (AvgIpc) is 3.32. The number of piperidine rings is 3. The van der Waals surface area contributed by atoms with E-state index >= 15 is 0 Å². The van der Waals surface area contributed by atoms with E-state index in [1.165, 1.54) is 57.4 Å². The molecule has 0 aliphatic carbocycles. The molecule has 1 aromatic heterocycles. The van der Waals surface area contributed by atoms with Gasteiger partial charge in [-0.05, 0) is 75.5 Å². The standard InChI is InChI=1S/C20H27N5O/c26-20(21-18-13-25-9-5-15(18)6-10-25)19-16-11-14(3-4-17(16)22-23-19)12-24-7-1-2-8-24/h3-4,11,15,18H,1-2,5-10,12-13H2,(H,21,26)(H,22,23)/t18-/m1/s1. The summed E-state index contributed by atoms with van der Waals surface area (Å²) in [5, 5.41) is 11.6. The van der Waals surface area contributed by atoms with Crippen LogP contribution in [0.15, 0.2) is 18.2 Å². The predicted molar refractivity (Wildman–Crippen MR) is 101 cm³/mol. The van der Waals surface area contributed by atoms with Gasteiger partial charge in [0.25, 0.3) is 5.91 Å². The Kier molecular flexibility index (Phi) is 4.17. The minimum Gasteiger partial charge on any atom is -0.346 e. The quantitative estimate of drug-likeness (QED) is 0.882. The molecule has 1 aromatic carbocycles. The maximum Gasteiger partial charge on any atom is 0.272 e. The van der Waals surface area contributed by atoms with Gasteiger partial charge in [-0.2, -0.15) is 5.10 Å². The maximum absolute atomic E-state index is 12.9. The molecule has 4 saturated heterocycles. The summed E-state index contributed by atoms with van der Waals surface area (Å²) in [6, 6.07) is 6.61. The minimum atomic E-state index is -0.0340. The average molecular weight is 353 g/mol. The summed E-state index contributed by atoms with van der Waals surface area (Å²) in [6.07, 6.45) is 4.99. The van der Waals surface area contributed by atoms with E-state index in [9.17, 15) is 4.79 Å². The molecule has 0 spiro atoms. The van der Waals surface area contributed by atoms with Crippen LogP contribution in [0.3, 0.4) is 0 Å². The Bertz CT molecular complexity index is 802. The molecule has 0 saturated carbocycles. The largest absolute Gasteiger partial charge is 0.346 e. The molecule has 4 fully saturated rings. The summed E-state index contributed by atoms with van der Waals surface area (Å²) in [5.74, 6) is 0.591. The van der Waals surface area contributed by atoms with E-state index in [2.05, 4.69) is 43.5 Å². The van der Waals surface area contributed by atoms with Crippen LogP contribution in [0.1, 0.15) is 41.7 Å². The van der Waals surface area contributed by atoms with Crippen LogP contribution in [0.5, 0.6) is 0 Å². The lowest BCUT2D eigenvalue weighted by atomic mass is 9.84. The van der Waals surface area contributed by atoms with Gasteiger partial charge in [0.2, 0.25) is 0 Å². The van der Waals surface area contributed by atoms with Crippen LogP contribution in [0.2, 0.25) is 0 Å². The van der Waals surface area contributed by atoms with Crippen LogP contribution in [0, 0.1) is 5.92 Å². The number of carbonyl (C=O) groups is 1. The lowest BCUT2D eigenvalue weighted by Gasteiger charge is -2.44. The second-order valence-corrected chi connectivity index (χ2v) is 8.15. The fraction of sp³-hybridized carbons (Fsp3) is 0.600. The summed E-state index contributed by atoms with van der Waals surface area (Å²) >= 11 is 0. The molecule has 2 N–H and O–H groups in total. The highest BCUT2D eigenvalue weighted by molar-refractivity contribution is 6.04. The molecule has 6 nitrogen and oxygen atoms in total. The first kappa shape index (κ1) is 16.3. The van der Waals surface area contributed by atoms with E-state index in [-0.39, 0.29) is 11.9 Å². The molecule has 1 atom stereocenters. The normalized spacial score (nSPS) is 28.7. The monoisotopic (exact) mass is 353 g/mol. The van der Waals surface area contributed by atoms with Crippen molar-refractivity contribution in [2.24, 2.45) is 5.92 Å². The molecule has 0 unspecified atom stereocenters. The van der Waals surface area contributed by atoms with Crippen molar-refractivity contribution in [2.75, 3.05) is 32.7 Å². The zero-order chi connectivity index (χ0) is 17.5. The number of hydrogen-bond acceptors (Lipinski definition) is 4. The number of carbonyl (C=O) groups excluding carboxylic acids is 1. The van der Waals surface area contributed by atoms with Crippen molar-refractivity contribution in [3.8, 4) is 0 Å². The Labute approximate surface area is 153 Å². The van der Waals surface area contributed by atoms with Crippen LogP contribution < -0.4 is 5.32 Å². The first-order valence-electron chi connectivity index (χ1n) is 9.99. The van der Waals surface area contributed by atoms with Gasteiger partial charge in [-0.1, -0.05) is 6.07 Å². The second-order valence-electron chi connectivity index (χ2n) is 8.15. The summed E-state index contributed by atoms with van der Waals surface area (Å²) in [6.45, 7) is 6.66.